The molecule has 0 amide bonds. The summed E-state index contributed by atoms with van der Waals surface area (Å²) in [5.74, 6) is 0.0472. The van der Waals surface area contributed by atoms with Gasteiger partial charge in [0.05, 0.1) is 32.1 Å². The van der Waals surface area contributed by atoms with Crippen molar-refractivity contribution in [1.82, 2.24) is 4.98 Å². The fourth-order valence-electron chi connectivity index (χ4n) is 3.32. The van der Waals surface area contributed by atoms with Gasteiger partial charge in [-0.25, -0.2) is 9.78 Å². The van der Waals surface area contributed by atoms with Gasteiger partial charge in [0.15, 0.2) is 0 Å². The fraction of sp³-hybridized carbons (Fsp3) is 0. The highest BCUT2D eigenvalue weighted by Gasteiger charge is 2.13. The normalized spacial score (nSPS) is 11.2. The average molecular weight is 485 g/mol. The lowest BCUT2D eigenvalue weighted by atomic mass is 10.2. The zero-order valence-electron chi connectivity index (χ0n) is 17.7. The van der Waals surface area contributed by atoms with Gasteiger partial charge in [0.1, 0.15) is 16.5 Å². The predicted molar refractivity (Wildman–Crippen MR) is 137 cm³/mol. The summed E-state index contributed by atoms with van der Waals surface area (Å²) in [6, 6.07) is 26.8. The minimum absolute atomic E-state index is 0.155. The topological polar surface area (TPSA) is 71.8 Å². The lowest BCUT2D eigenvalue weighted by Gasteiger charge is -2.06. The van der Waals surface area contributed by atoms with Gasteiger partial charge in [-0.05, 0) is 72.3 Å². The quantitative estimate of drug-likeness (QED) is 0.161. The molecule has 0 saturated heterocycles. The number of carbonyl (C=O) groups excluding carboxylic acids is 1. The molecule has 0 bridgehead atoms. The van der Waals surface area contributed by atoms with Crippen LogP contribution in [0.2, 0.25) is 5.02 Å². The predicted octanol–water partition coefficient (Wildman–Crippen LogP) is 7.29. The van der Waals surface area contributed by atoms with E-state index in [0.717, 1.165) is 20.8 Å². The number of halogens is 1. The van der Waals surface area contributed by atoms with Crippen molar-refractivity contribution in [3.63, 3.8) is 0 Å². The van der Waals surface area contributed by atoms with E-state index in [-0.39, 0.29) is 5.75 Å². The molecule has 5 rings (SSSR count). The van der Waals surface area contributed by atoms with Crippen LogP contribution in [-0.2, 0) is 0 Å². The number of aliphatic imine (C=N–C) groups is 1. The number of ether oxygens (including phenoxy) is 1. The standard InChI is InChI=1S/C27H17ClN2O3S/c28-22-6-2-1-5-20(22)27(32)33-19-12-9-17(10-13-19)16-29-18-11-14-24(31)21(15-18)26-30-23-7-3-4-8-25(23)34-26/h1-16,31H. The first-order valence-corrected chi connectivity index (χ1v) is 11.6. The highest BCUT2D eigenvalue weighted by molar-refractivity contribution is 7.21. The number of hydrogen-bond donors (Lipinski definition) is 1. The van der Waals surface area contributed by atoms with Gasteiger partial charge in [-0.3, -0.25) is 4.99 Å². The molecule has 5 nitrogen and oxygen atoms in total. The van der Waals surface area contributed by atoms with Crippen molar-refractivity contribution in [1.29, 1.82) is 0 Å². The third-order valence-electron chi connectivity index (χ3n) is 5.05. The van der Waals surface area contributed by atoms with Gasteiger partial charge in [-0.2, -0.15) is 0 Å². The molecule has 0 unspecified atom stereocenters. The van der Waals surface area contributed by atoms with Crippen LogP contribution < -0.4 is 4.74 Å². The number of fused-ring (bicyclic) bond motifs is 1. The SMILES string of the molecule is O=C(Oc1ccc(C=Nc2ccc(O)c(-c3nc4ccccc4s3)c2)cc1)c1ccccc1Cl. The molecule has 1 aromatic heterocycles. The molecule has 0 aliphatic carbocycles. The maximum atomic E-state index is 12.3. The first-order valence-electron chi connectivity index (χ1n) is 10.4. The smallest absolute Gasteiger partial charge is 0.345 e. The summed E-state index contributed by atoms with van der Waals surface area (Å²) < 4.78 is 6.46. The van der Waals surface area contributed by atoms with Crippen molar-refractivity contribution in [2.75, 3.05) is 0 Å². The molecule has 34 heavy (non-hydrogen) atoms. The van der Waals surface area contributed by atoms with Gasteiger partial charge < -0.3 is 9.84 Å². The Labute approximate surface area is 204 Å². The number of rotatable bonds is 5. The number of aromatic hydroxyl groups is 1. The molecule has 5 aromatic rings. The molecular weight excluding hydrogens is 468 g/mol. The number of esters is 1. The Morgan fingerprint density at radius 1 is 0.971 bits per heavy atom. The highest BCUT2D eigenvalue weighted by Crippen LogP contribution is 2.37. The summed E-state index contributed by atoms with van der Waals surface area (Å²) in [5, 5.41) is 11.4. The molecule has 4 aromatic carbocycles. The lowest BCUT2D eigenvalue weighted by Crippen LogP contribution is -2.08. The number of phenols is 1. The number of para-hydroxylation sites is 1. The second kappa shape index (κ2) is 9.47. The number of benzene rings is 4. The molecular formula is C27H17ClN2O3S. The largest absolute Gasteiger partial charge is 0.507 e. The summed E-state index contributed by atoms with van der Waals surface area (Å²) in [4.78, 5) is 21.5. The monoisotopic (exact) mass is 484 g/mol. The van der Waals surface area contributed by atoms with Crippen molar-refractivity contribution >= 4 is 51.0 Å². The number of carbonyl (C=O) groups is 1. The molecule has 0 aliphatic heterocycles. The minimum Gasteiger partial charge on any atom is -0.507 e. The third kappa shape index (κ3) is 4.69. The molecule has 0 fully saturated rings. The Morgan fingerprint density at radius 3 is 2.53 bits per heavy atom. The van der Waals surface area contributed by atoms with Crippen molar-refractivity contribution < 1.29 is 14.6 Å². The van der Waals surface area contributed by atoms with E-state index in [1.165, 1.54) is 11.3 Å². The molecule has 0 atom stereocenters. The second-order valence-electron chi connectivity index (χ2n) is 7.38. The van der Waals surface area contributed by atoms with Gasteiger partial charge in [0.2, 0.25) is 0 Å². The fourth-order valence-corrected chi connectivity index (χ4v) is 4.53. The summed E-state index contributed by atoms with van der Waals surface area (Å²) >= 11 is 7.57. The average Bonchev–Trinajstić information content (AvgIpc) is 3.29. The Hall–Kier alpha value is -4.00. The van der Waals surface area contributed by atoms with E-state index < -0.39 is 5.97 Å². The molecule has 0 aliphatic rings. The summed E-state index contributed by atoms with van der Waals surface area (Å²) in [7, 11) is 0. The minimum atomic E-state index is -0.515. The van der Waals surface area contributed by atoms with Crippen LogP contribution in [0.4, 0.5) is 5.69 Å². The van der Waals surface area contributed by atoms with E-state index in [0.29, 0.717) is 27.6 Å². The van der Waals surface area contributed by atoms with Gasteiger partial charge in [0, 0.05) is 6.21 Å². The Bertz CT molecular complexity index is 1490. The molecule has 7 heteroatoms. The van der Waals surface area contributed by atoms with Crippen LogP contribution in [0.1, 0.15) is 15.9 Å². The van der Waals surface area contributed by atoms with E-state index in [2.05, 4.69) is 9.98 Å². The molecule has 1 N–H and O–H groups in total. The Morgan fingerprint density at radius 2 is 1.74 bits per heavy atom. The molecule has 0 saturated carbocycles. The van der Waals surface area contributed by atoms with Gasteiger partial charge in [0.25, 0.3) is 0 Å². The molecule has 166 valence electrons. The third-order valence-corrected chi connectivity index (χ3v) is 6.45. The number of nitrogens with zero attached hydrogens (tertiary/aromatic N) is 2. The van der Waals surface area contributed by atoms with Crippen LogP contribution in [0.5, 0.6) is 11.5 Å². The van der Waals surface area contributed by atoms with Crippen molar-refractivity contribution in [2.24, 2.45) is 4.99 Å². The van der Waals surface area contributed by atoms with Crippen molar-refractivity contribution in [3.05, 3.63) is 107 Å². The van der Waals surface area contributed by atoms with E-state index in [1.54, 1.807) is 66.9 Å². The zero-order valence-corrected chi connectivity index (χ0v) is 19.3. The van der Waals surface area contributed by atoms with Gasteiger partial charge in [-0.15, -0.1) is 11.3 Å². The number of thiazole rings is 1. The van der Waals surface area contributed by atoms with Gasteiger partial charge >= 0.3 is 5.97 Å². The first-order chi connectivity index (χ1) is 16.6. The van der Waals surface area contributed by atoms with Gasteiger partial charge in [-0.1, -0.05) is 35.9 Å². The van der Waals surface area contributed by atoms with Crippen LogP contribution in [0.25, 0.3) is 20.8 Å². The van der Waals surface area contributed by atoms with E-state index in [4.69, 9.17) is 16.3 Å². The summed E-state index contributed by atoms with van der Waals surface area (Å²) in [5.41, 5.74) is 3.35. The Balaban J connectivity index is 1.32. The van der Waals surface area contributed by atoms with Crippen molar-refractivity contribution in [2.45, 2.75) is 0 Å². The van der Waals surface area contributed by atoms with Crippen LogP contribution in [0.3, 0.4) is 0 Å². The van der Waals surface area contributed by atoms with Crippen LogP contribution in [0, 0.1) is 0 Å². The van der Waals surface area contributed by atoms with Crippen LogP contribution in [-0.4, -0.2) is 22.3 Å². The first kappa shape index (κ1) is 21.8. The molecule has 0 radical (unpaired) electrons. The second-order valence-corrected chi connectivity index (χ2v) is 8.82. The summed E-state index contributed by atoms with van der Waals surface area (Å²) in [6.45, 7) is 0. The Kier molecular flexibility index (Phi) is 6.08. The van der Waals surface area contributed by atoms with Crippen LogP contribution in [0.15, 0.2) is 96.0 Å². The van der Waals surface area contributed by atoms with Crippen molar-refractivity contribution in [3.8, 4) is 22.1 Å². The van der Waals surface area contributed by atoms with E-state index >= 15 is 0 Å². The lowest BCUT2D eigenvalue weighted by molar-refractivity contribution is 0.0735. The maximum Gasteiger partial charge on any atom is 0.345 e. The van der Waals surface area contributed by atoms with E-state index in [9.17, 15) is 9.90 Å². The zero-order chi connectivity index (χ0) is 23.5. The number of phenolic OH excluding ortho intramolecular Hbond substituents is 1. The molecule has 0 spiro atoms. The molecule has 1 heterocycles. The highest BCUT2D eigenvalue weighted by atomic mass is 35.5. The number of hydrogen-bond acceptors (Lipinski definition) is 6. The number of aromatic nitrogens is 1. The van der Waals surface area contributed by atoms with Crippen LogP contribution >= 0.6 is 22.9 Å². The summed E-state index contributed by atoms with van der Waals surface area (Å²) in [6.07, 6.45) is 1.70. The maximum absolute atomic E-state index is 12.3. The van der Waals surface area contributed by atoms with E-state index in [1.807, 2.05) is 30.3 Å².